The minimum atomic E-state index is -0.205. The summed E-state index contributed by atoms with van der Waals surface area (Å²) in [7, 11) is 0. The van der Waals surface area contributed by atoms with Crippen molar-refractivity contribution in [3.05, 3.63) is 35.4 Å². The number of benzene rings is 1. The molecule has 0 radical (unpaired) electrons. The zero-order valence-electron chi connectivity index (χ0n) is 13.5. The van der Waals surface area contributed by atoms with E-state index in [1.54, 1.807) is 4.90 Å². The third-order valence-corrected chi connectivity index (χ3v) is 4.09. The first kappa shape index (κ1) is 16.5. The van der Waals surface area contributed by atoms with Gasteiger partial charge in [-0.25, -0.2) is 0 Å². The molecule has 1 saturated heterocycles. The highest BCUT2D eigenvalue weighted by molar-refractivity contribution is 5.96. The first-order valence-electron chi connectivity index (χ1n) is 7.91. The summed E-state index contributed by atoms with van der Waals surface area (Å²) < 4.78 is 0. The van der Waals surface area contributed by atoms with Crippen molar-refractivity contribution >= 4 is 11.8 Å². The molecule has 1 heterocycles. The molecule has 1 aromatic carbocycles. The minimum Gasteiger partial charge on any atom is -0.352 e. The number of rotatable bonds is 5. The molecule has 5 heteroatoms. The number of hydrogen-bond acceptors (Lipinski definition) is 3. The summed E-state index contributed by atoms with van der Waals surface area (Å²) in [5.74, 6) is -0.277. The predicted molar refractivity (Wildman–Crippen MR) is 86.3 cm³/mol. The largest absolute Gasteiger partial charge is 0.352 e. The van der Waals surface area contributed by atoms with E-state index < -0.39 is 0 Å². The number of aryl methyl sites for hydroxylation is 1. The van der Waals surface area contributed by atoms with Gasteiger partial charge in [-0.2, -0.15) is 0 Å². The minimum absolute atomic E-state index is 0.0576. The second kappa shape index (κ2) is 7.94. The Labute approximate surface area is 132 Å². The molecule has 1 N–H and O–H groups in total. The Morgan fingerprint density at radius 1 is 1.09 bits per heavy atom. The van der Waals surface area contributed by atoms with Gasteiger partial charge in [0, 0.05) is 32.7 Å². The van der Waals surface area contributed by atoms with Gasteiger partial charge in [-0.05, 0) is 19.0 Å². The molecule has 1 aromatic rings. The van der Waals surface area contributed by atoms with Crippen molar-refractivity contribution in [3.63, 3.8) is 0 Å². The highest BCUT2D eigenvalue weighted by Crippen LogP contribution is 2.05. The maximum atomic E-state index is 12.1. The van der Waals surface area contributed by atoms with Crippen molar-refractivity contribution in [1.29, 1.82) is 0 Å². The van der Waals surface area contributed by atoms with Gasteiger partial charge in [0.25, 0.3) is 0 Å². The molecular formula is C17H25N3O2. The average molecular weight is 303 g/mol. The first-order chi connectivity index (χ1) is 10.6. The molecule has 0 aliphatic carbocycles. The highest BCUT2D eigenvalue weighted by atomic mass is 16.2. The fraction of sp³-hybridized carbons (Fsp3) is 0.529. The van der Waals surface area contributed by atoms with Crippen LogP contribution in [0.2, 0.25) is 0 Å². The Bertz CT molecular complexity index is 505. The SMILES string of the molecule is CCN1CCN(C(=O)CC(=O)NCc2ccc(C)cc2)CC1. The third kappa shape index (κ3) is 4.84. The molecule has 0 atom stereocenters. The molecule has 0 saturated carbocycles. The topological polar surface area (TPSA) is 52.7 Å². The summed E-state index contributed by atoms with van der Waals surface area (Å²) in [6.45, 7) is 8.86. The number of nitrogens with zero attached hydrogens (tertiary/aromatic N) is 2. The Balaban J connectivity index is 1.72. The van der Waals surface area contributed by atoms with E-state index in [-0.39, 0.29) is 18.2 Å². The van der Waals surface area contributed by atoms with Crippen LogP contribution < -0.4 is 5.32 Å². The van der Waals surface area contributed by atoms with Gasteiger partial charge in [-0.3, -0.25) is 9.59 Å². The Morgan fingerprint density at radius 3 is 2.32 bits per heavy atom. The van der Waals surface area contributed by atoms with Crippen molar-refractivity contribution in [1.82, 2.24) is 15.1 Å². The van der Waals surface area contributed by atoms with E-state index in [0.29, 0.717) is 6.54 Å². The maximum absolute atomic E-state index is 12.1. The second-order valence-corrected chi connectivity index (χ2v) is 5.75. The number of likely N-dealkylation sites (N-methyl/N-ethyl adjacent to an activating group) is 1. The molecule has 0 spiro atoms. The van der Waals surface area contributed by atoms with Crippen molar-refractivity contribution in [2.45, 2.75) is 26.8 Å². The molecular weight excluding hydrogens is 278 g/mol. The zero-order valence-corrected chi connectivity index (χ0v) is 13.5. The van der Waals surface area contributed by atoms with Crippen LogP contribution >= 0.6 is 0 Å². The molecule has 1 aliphatic heterocycles. The van der Waals surface area contributed by atoms with E-state index in [1.165, 1.54) is 5.56 Å². The first-order valence-corrected chi connectivity index (χ1v) is 7.91. The molecule has 120 valence electrons. The summed E-state index contributed by atoms with van der Waals surface area (Å²) in [6, 6.07) is 8.00. The van der Waals surface area contributed by atoms with Crippen LogP contribution in [0.4, 0.5) is 0 Å². The maximum Gasteiger partial charge on any atom is 0.232 e. The Kier molecular flexibility index (Phi) is 5.95. The lowest BCUT2D eigenvalue weighted by Crippen LogP contribution is -2.49. The summed E-state index contributed by atoms with van der Waals surface area (Å²) in [6.07, 6.45) is -0.0576. The average Bonchev–Trinajstić information content (AvgIpc) is 2.54. The van der Waals surface area contributed by atoms with Gasteiger partial charge >= 0.3 is 0 Å². The van der Waals surface area contributed by atoms with Crippen molar-refractivity contribution < 1.29 is 9.59 Å². The van der Waals surface area contributed by atoms with Gasteiger partial charge in [0.15, 0.2) is 0 Å². The van der Waals surface area contributed by atoms with E-state index in [1.807, 2.05) is 31.2 Å². The number of nitrogens with one attached hydrogen (secondary N) is 1. The standard InChI is InChI=1S/C17H25N3O2/c1-3-19-8-10-20(11-9-19)17(22)12-16(21)18-13-15-6-4-14(2)5-7-15/h4-7H,3,8-13H2,1-2H3,(H,18,21). The fourth-order valence-electron chi connectivity index (χ4n) is 2.53. The summed E-state index contributed by atoms with van der Waals surface area (Å²) in [4.78, 5) is 28.1. The van der Waals surface area contributed by atoms with Gasteiger partial charge in [-0.1, -0.05) is 36.8 Å². The molecule has 0 aromatic heterocycles. The number of carbonyl (C=O) groups excluding carboxylic acids is 2. The number of hydrogen-bond donors (Lipinski definition) is 1. The smallest absolute Gasteiger partial charge is 0.232 e. The van der Waals surface area contributed by atoms with Gasteiger partial charge in [0.1, 0.15) is 6.42 Å². The van der Waals surface area contributed by atoms with Crippen LogP contribution in [0.1, 0.15) is 24.5 Å². The summed E-state index contributed by atoms with van der Waals surface area (Å²) in [5.41, 5.74) is 2.24. The Morgan fingerprint density at radius 2 is 1.73 bits per heavy atom. The van der Waals surface area contributed by atoms with Crippen LogP contribution in [0.25, 0.3) is 0 Å². The van der Waals surface area contributed by atoms with Crippen molar-refractivity contribution in [3.8, 4) is 0 Å². The summed E-state index contributed by atoms with van der Waals surface area (Å²) >= 11 is 0. The van der Waals surface area contributed by atoms with E-state index >= 15 is 0 Å². The lowest BCUT2D eigenvalue weighted by atomic mass is 10.1. The van der Waals surface area contributed by atoms with E-state index in [0.717, 1.165) is 38.3 Å². The van der Waals surface area contributed by atoms with Crippen LogP contribution in [0.5, 0.6) is 0 Å². The van der Waals surface area contributed by atoms with Crippen LogP contribution in [0.3, 0.4) is 0 Å². The highest BCUT2D eigenvalue weighted by Gasteiger charge is 2.21. The normalized spacial score (nSPS) is 15.6. The van der Waals surface area contributed by atoms with Crippen molar-refractivity contribution in [2.24, 2.45) is 0 Å². The van der Waals surface area contributed by atoms with Gasteiger partial charge in [0.05, 0.1) is 0 Å². The number of piperazine rings is 1. The fourth-order valence-corrected chi connectivity index (χ4v) is 2.53. The molecule has 22 heavy (non-hydrogen) atoms. The quantitative estimate of drug-likeness (QED) is 0.831. The zero-order chi connectivity index (χ0) is 15.9. The van der Waals surface area contributed by atoms with Crippen molar-refractivity contribution in [2.75, 3.05) is 32.7 Å². The van der Waals surface area contributed by atoms with Gasteiger partial charge in [0.2, 0.25) is 11.8 Å². The third-order valence-electron chi connectivity index (χ3n) is 4.09. The predicted octanol–water partition coefficient (Wildman–Crippen LogP) is 1.17. The molecule has 5 nitrogen and oxygen atoms in total. The lowest BCUT2D eigenvalue weighted by Gasteiger charge is -2.33. The lowest BCUT2D eigenvalue weighted by molar-refractivity contribution is -0.137. The van der Waals surface area contributed by atoms with E-state index in [2.05, 4.69) is 17.1 Å². The van der Waals surface area contributed by atoms with Crippen LogP contribution in [-0.4, -0.2) is 54.3 Å². The van der Waals surface area contributed by atoms with Gasteiger partial charge < -0.3 is 15.1 Å². The molecule has 0 unspecified atom stereocenters. The van der Waals surface area contributed by atoms with Gasteiger partial charge in [-0.15, -0.1) is 0 Å². The van der Waals surface area contributed by atoms with Crippen LogP contribution in [-0.2, 0) is 16.1 Å². The molecule has 1 aliphatic rings. The second-order valence-electron chi connectivity index (χ2n) is 5.75. The van der Waals surface area contributed by atoms with E-state index in [9.17, 15) is 9.59 Å². The van der Waals surface area contributed by atoms with E-state index in [4.69, 9.17) is 0 Å². The number of carbonyl (C=O) groups is 2. The monoisotopic (exact) mass is 303 g/mol. The number of amides is 2. The molecule has 0 bridgehead atoms. The summed E-state index contributed by atoms with van der Waals surface area (Å²) in [5, 5.41) is 2.81. The van der Waals surface area contributed by atoms with Crippen LogP contribution in [0.15, 0.2) is 24.3 Å². The molecule has 1 fully saturated rings. The molecule has 2 rings (SSSR count). The molecule has 2 amide bonds. The van der Waals surface area contributed by atoms with Crippen LogP contribution in [0, 0.1) is 6.92 Å². The Hall–Kier alpha value is -1.88.